The SMILES string of the molecule is C=CN=C(C)/C(C)=C\N. The Morgan fingerprint density at radius 3 is 2.44 bits per heavy atom. The van der Waals surface area contributed by atoms with E-state index in [-0.39, 0.29) is 0 Å². The number of aliphatic imine (C=N–C) groups is 1. The summed E-state index contributed by atoms with van der Waals surface area (Å²) in [6.45, 7) is 7.26. The number of nitrogens with two attached hydrogens (primary N) is 1. The maximum atomic E-state index is 5.23. The topological polar surface area (TPSA) is 38.4 Å². The van der Waals surface area contributed by atoms with Gasteiger partial charge in [-0.05, 0) is 25.6 Å². The monoisotopic (exact) mass is 124 g/mol. The molecule has 0 fully saturated rings. The van der Waals surface area contributed by atoms with Gasteiger partial charge in [0.15, 0.2) is 0 Å². The summed E-state index contributed by atoms with van der Waals surface area (Å²) in [6.07, 6.45) is 3.03. The molecule has 0 aromatic carbocycles. The zero-order valence-electron chi connectivity index (χ0n) is 5.89. The van der Waals surface area contributed by atoms with Crippen molar-refractivity contribution in [1.29, 1.82) is 0 Å². The molecule has 0 amide bonds. The molecular formula is C7H12N2. The Bertz CT molecular complexity index is 154. The van der Waals surface area contributed by atoms with Crippen LogP contribution in [0.1, 0.15) is 13.8 Å². The quantitative estimate of drug-likeness (QED) is 0.556. The van der Waals surface area contributed by atoms with Crippen molar-refractivity contribution in [3.63, 3.8) is 0 Å². The first-order chi connectivity index (χ1) is 4.22. The van der Waals surface area contributed by atoms with Crippen molar-refractivity contribution in [2.75, 3.05) is 0 Å². The molecule has 0 saturated carbocycles. The summed E-state index contributed by atoms with van der Waals surface area (Å²) in [4.78, 5) is 3.93. The van der Waals surface area contributed by atoms with Gasteiger partial charge in [-0.1, -0.05) is 6.58 Å². The Kier molecular flexibility index (Phi) is 3.44. The summed E-state index contributed by atoms with van der Waals surface area (Å²) in [7, 11) is 0. The van der Waals surface area contributed by atoms with Crippen LogP contribution < -0.4 is 5.73 Å². The van der Waals surface area contributed by atoms with Crippen molar-refractivity contribution >= 4 is 5.71 Å². The van der Waals surface area contributed by atoms with Crippen molar-refractivity contribution < 1.29 is 0 Å². The molecule has 0 aliphatic heterocycles. The highest BCUT2D eigenvalue weighted by Gasteiger charge is 1.88. The predicted octanol–water partition coefficient (Wildman–Crippen LogP) is 1.45. The lowest BCUT2D eigenvalue weighted by molar-refractivity contribution is 1.42. The van der Waals surface area contributed by atoms with Gasteiger partial charge in [0.2, 0.25) is 0 Å². The molecule has 0 aliphatic carbocycles. The smallest absolute Gasteiger partial charge is 0.0415 e. The van der Waals surface area contributed by atoms with Crippen LogP contribution in [0.5, 0.6) is 0 Å². The molecule has 50 valence electrons. The van der Waals surface area contributed by atoms with Crippen LogP contribution in [0.2, 0.25) is 0 Å². The van der Waals surface area contributed by atoms with E-state index in [2.05, 4.69) is 11.6 Å². The van der Waals surface area contributed by atoms with Crippen LogP contribution in [0.4, 0.5) is 0 Å². The molecule has 0 bridgehead atoms. The third-order valence-electron chi connectivity index (χ3n) is 1.11. The maximum absolute atomic E-state index is 5.23. The minimum atomic E-state index is 0.910. The van der Waals surface area contributed by atoms with E-state index in [1.807, 2.05) is 13.8 Å². The number of rotatable bonds is 2. The van der Waals surface area contributed by atoms with E-state index < -0.39 is 0 Å². The van der Waals surface area contributed by atoms with Gasteiger partial charge in [-0.15, -0.1) is 0 Å². The van der Waals surface area contributed by atoms with E-state index in [1.54, 1.807) is 0 Å². The number of hydrogen-bond acceptors (Lipinski definition) is 2. The van der Waals surface area contributed by atoms with E-state index in [0.717, 1.165) is 11.3 Å². The summed E-state index contributed by atoms with van der Waals surface area (Å²) < 4.78 is 0. The summed E-state index contributed by atoms with van der Waals surface area (Å²) >= 11 is 0. The van der Waals surface area contributed by atoms with Crippen LogP contribution in [0.25, 0.3) is 0 Å². The van der Waals surface area contributed by atoms with E-state index in [4.69, 9.17) is 5.73 Å². The van der Waals surface area contributed by atoms with Gasteiger partial charge >= 0.3 is 0 Å². The van der Waals surface area contributed by atoms with Gasteiger partial charge in [-0.2, -0.15) is 0 Å². The number of nitrogens with zero attached hydrogens (tertiary/aromatic N) is 1. The molecule has 0 saturated heterocycles. The Hall–Kier alpha value is -1.05. The number of hydrogen-bond donors (Lipinski definition) is 1. The largest absolute Gasteiger partial charge is 0.404 e. The lowest BCUT2D eigenvalue weighted by Gasteiger charge is -1.94. The molecule has 0 aliphatic rings. The van der Waals surface area contributed by atoms with Crippen LogP contribution in [-0.2, 0) is 0 Å². The molecule has 0 rings (SSSR count). The first-order valence-corrected chi connectivity index (χ1v) is 2.76. The van der Waals surface area contributed by atoms with Crippen molar-refractivity contribution in [2.45, 2.75) is 13.8 Å². The van der Waals surface area contributed by atoms with Crippen molar-refractivity contribution in [3.05, 3.63) is 24.6 Å². The highest BCUT2D eigenvalue weighted by Crippen LogP contribution is 1.93. The zero-order valence-corrected chi connectivity index (χ0v) is 5.89. The van der Waals surface area contributed by atoms with Crippen molar-refractivity contribution in [3.8, 4) is 0 Å². The van der Waals surface area contributed by atoms with E-state index in [1.165, 1.54) is 12.4 Å². The Morgan fingerprint density at radius 1 is 1.56 bits per heavy atom. The normalized spacial score (nSPS) is 13.6. The minimum absolute atomic E-state index is 0.910. The standard InChI is InChI=1S/C7H12N2/c1-4-9-7(3)6(2)5-8/h4-5H,1,8H2,2-3H3/b6-5-,9-7?. The van der Waals surface area contributed by atoms with Gasteiger partial charge in [0.25, 0.3) is 0 Å². The highest BCUT2D eigenvalue weighted by atomic mass is 14.7. The summed E-state index contributed by atoms with van der Waals surface area (Å²) in [5.41, 5.74) is 7.12. The maximum Gasteiger partial charge on any atom is 0.0415 e. The molecule has 0 spiro atoms. The third-order valence-corrected chi connectivity index (χ3v) is 1.11. The predicted molar refractivity (Wildman–Crippen MR) is 41.3 cm³/mol. The van der Waals surface area contributed by atoms with Crippen molar-refractivity contribution in [1.82, 2.24) is 0 Å². The summed E-state index contributed by atoms with van der Waals surface area (Å²) in [5.74, 6) is 0. The molecule has 2 nitrogen and oxygen atoms in total. The van der Waals surface area contributed by atoms with Crippen molar-refractivity contribution in [2.24, 2.45) is 10.7 Å². The minimum Gasteiger partial charge on any atom is -0.404 e. The van der Waals surface area contributed by atoms with Gasteiger partial charge in [-0.25, -0.2) is 0 Å². The molecule has 2 heteroatoms. The second-order valence-electron chi connectivity index (χ2n) is 1.75. The Balaban J connectivity index is 4.19. The average Bonchev–Trinajstić information content (AvgIpc) is 1.87. The molecule has 0 heterocycles. The lowest BCUT2D eigenvalue weighted by Crippen LogP contribution is -1.95. The molecule has 0 aromatic rings. The van der Waals surface area contributed by atoms with Crippen LogP contribution in [-0.4, -0.2) is 5.71 Å². The molecular weight excluding hydrogens is 112 g/mol. The van der Waals surface area contributed by atoms with Crippen LogP contribution in [0.3, 0.4) is 0 Å². The molecule has 0 unspecified atom stereocenters. The lowest BCUT2D eigenvalue weighted by atomic mass is 10.2. The third kappa shape index (κ3) is 2.69. The molecule has 2 N–H and O–H groups in total. The van der Waals surface area contributed by atoms with Gasteiger partial charge in [0.1, 0.15) is 0 Å². The summed E-state index contributed by atoms with van der Waals surface area (Å²) in [6, 6.07) is 0. The van der Waals surface area contributed by atoms with Crippen LogP contribution >= 0.6 is 0 Å². The van der Waals surface area contributed by atoms with Gasteiger partial charge in [0, 0.05) is 11.9 Å². The van der Waals surface area contributed by atoms with E-state index in [9.17, 15) is 0 Å². The summed E-state index contributed by atoms with van der Waals surface area (Å²) in [5, 5.41) is 0. The van der Waals surface area contributed by atoms with Gasteiger partial charge in [-0.3, -0.25) is 4.99 Å². The first kappa shape index (κ1) is 7.95. The molecule has 0 radical (unpaired) electrons. The highest BCUT2D eigenvalue weighted by molar-refractivity contribution is 5.97. The second-order valence-corrected chi connectivity index (χ2v) is 1.75. The van der Waals surface area contributed by atoms with E-state index >= 15 is 0 Å². The fraction of sp³-hybridized carbons (Fsp3) is 0.286. The van der Waals surface area contributed by atoms with Gasteiger partial charge in [0.05, 0.1) is 0 Å². The average molecular weight is 124 g/mol. The Labute approximate surface area is 55.8 Å². The zero-order chi connectivity index (χ0) is 7.28. The fourth-order valence-electron chi connectivity index (χ4n) is 0.359. The van der Waals surface area contributed by atoms with Crippen LogP contribution in [0.15, 0.2) is 29.5 Å². The fourth-order valence-corrected chi connectivity index (χ4v) is 0.359. The molecule has 9 heavy (non-hydrogen) atoms. The Morgan fingerprint density at radius 2 is 2.11 bits per heavy atom. The molecule has 0 atom stereocenters. The molecule has 0 aromatic heterocycles. The van der Waals surface area contributed by atoms with E-state index in [0.29, 0.717) is 0 Å². The number of allylic oxidation sites excluding steroid dienone is 1. The van der Waals surface area contributed by atoms with Gasteiger partial charge < -0.3 is 5.73 Å². The first-order valence-electron chi connectivity index (χ1n) is 2.76. The second kappa shape index (κ2) is 3.89. The van der Waals surface area contributed by atoms with Crippen LogP contribution in [0, 0.1) is 0 Å².